The Morgan fingerprint density at radius 2 is 1.19 bits per heavy atom. The van der Waals surface area contributed by atoms with Crippen LogP contribution in [0.4, 0.5) is 0 Å². The molecule has 0 aromatic heterocycles. The average Bonchev–Trinajstić information content (AvgIpc) is 2.59. The lowest BCUT2D eigenvalue weighted by molar-refractivity contribution is -0.139. The number of allylic oxidation sites excluding steroid dienone is 1. The number of rotatable bonds is 7. The third-order valence-corrected chi connectivity index (χ3v) is 4.06. The molecule has 0 saturated heterocycles. The topological polar surface area (TPSA) is 91.7 Å². The van der Waals surface area contributed by atoms with E-state index in [1.165, 1.54) is 0 Å². The highest BCUT2D eigenvalue weighted by Crippen LogP contribution is 2.27. The third-order valence-electron chi connectivity index (χ3n) is 4.06. The van der Waals surface area contributed by atoms with Gasteiger partial charge in [-0.1, -0.05) is 59.7 Å². The molecule has 2 N–H and O–H groups in total. The summed E-state index contributed by atoms with van der Waals surface area (Å²) in [5.41, 5.74) is 2.93. The monoisotopic (exact) mass is 352 g/mol. The van der Waals surface area contributed by atoms with E-state index in [4.69, 9.17) is 5.11 Å². The maximum Gasteiger partial charge on any atom is 0.332 e. The van der Waals surface area contributed by atoms with E-state index in [1.807, 2.05) is 13.8 Å². The molecule has 134 valence electrons. The fourth-order valence-electron chi connectivity index (χ4n) is 2.60. The zero-order valence-corrected chi connectivity index (χ0v) is 14.7. The van der Waals surface area contributed by atoms with Gasteiger partial charge >= 0.3 is 11.9 Å². The number of benzene rings is 2. The van der Waals surface area contributed by atoms with E-state index in [0.717, 1.165) is 11.1 Å². The van der Waals surface area contributed by atoms with Crippen LogP contribution in [0.25, 0.3) is 5.57 Å². The van der Waals surface area contributed by atoms with Gasteiger partial charge < -0.3 is 10.2 Å². The van der Waals surface area contributed by atoms with Gasteiger partial charge in [0.15, 0.2) is 5.78 Å². The van der Waals surface area contributed by atoms with E-state index in [1.54, 1.807) is 48.5 Å². The highest BCUT2D eigenvalue weighted by Gasteiger charge is 2.21. The van der Waals surface area contributed by atoms with Gasteiger partial charge in [-0.15, -0.1) is 0 Å². The van der Waals surface area contributed by atoms with E-state index in [0.29, 0.717) is 11.1 Å². The predicted molar refractivity (Wildman–Crippen MR) is 98.1 cm³/mol. The molecule has 0 amide bonds. The van der Waals surface area contributed by atoms with Crippen LogP contribution in [0.1, 0.15) is 39.9 Å². The van der Waals surface area contributed by atoms with Crippen LogP contribution >= 0.6 is 0 Å². The first-order valence-electron chi connectivity index (χ1n) is 8.12. The molecule has 2 aromatic carbocycles. The SMILES string of the molecule is Cc1ccc(C(=O)CC(=C(CC(=O)O)C(=O)O)c2ccc(C)cc2)cc1. The van der Waals surface area contributed by atoms with E-state index >= 15 is 0 Å². The van der Waals surface area contributed by atoms with Crippen molar-refractivity contribution in [3.63, 3.8) is 0 Å². The number of carbonyl (C=O) groups is 3. The van der Waals surface area contributed by atoms with Crippen LogP contribution in [0.2, 0.25) is 0 Å². The highest BCUT2D eigenvalue weighted by molar-refractivity contribution is 6.08. The van der Waals surface area contributed by atoms with Crippen molar-refractivity contribution in [1.82, 2.24) is 0 Å². The van der Waals surface area contributed by atoms with Crippen molar-refractivity contribution in [3.05, 3.63) is 76.4 Å². The number of ketones is 1. The second-order valence-corrected chi connectivity index (χ2v) is 6.16. The Balaban J connectivity index is 2.50. The predicted octanol–water partition coefficient (Wildman–Crippen LogP) is 3.89. The summed E-state index contributed by atoms with van der Waals surface area (Å²) in [5.74, 6) is -2.85. The summed E-state index contributed by atoms with van der Waals surface area (Å²) >= 11 is 0. The van der Waals surface area contributed by atoms with Gasteiger partial charge in [0.1, 0.15) is 0 Å². The van der Waals surface area contributed by atoms with Gasteiger partial charge in [0.25, 0.3) is 0 Å². The summed E-state index contributed by atoms with van der Waals surface area (Å²) in [5, 5.41) is 18.6. The summed E-state index contributed by atoms with van der Waals surface area (Å²) in [6, 6.07) is 14.0. The summed E-state index contributed by atoms with van der Waals surface area (Å²) < 4.78 is 0. The highest BCUT2D eigenvalue weighted by atomic mass is 16.4. The van der Waals surface area contributed by atoms with Crippen LogP contribution < -0.4 is 0 Å². The van der Waals surface area contributed by atoms with E-state index in [9.17, 15) is 19.5 Å². The molecule has 5 nitrogen and oxygen atoms in total. The molecule has 2 aromatic rings. The molecule has 0 radical (unpaired) electrons. The molecule has 0 saturated carbocycles. The number of carboxylic acid groups (broad SMARTS) is 2. The molecular formula is C21H20O5. The van der Waals surface area contributed by atoms with E-state index in [2.05, 4.69) is 0 Å². The number of aryl methyl sites for hydroxylation is 2. The fourth-order valence-corrected chi connectivity index (χ4v) is 2.60. The summed E-state index contributed by atoms with van der Waals surface area (Å²) in [4.78, 5) is 35.4. The Morgan fingerprint density at radius 1 is 0.731 bits per heavy atom. The molecule has 0 aliphatic rings. The number of aliphatic carboxylic acids is 2. The number of carboxylic acids is 2. The minimum Gasteiger partial charge on any atom is -0.481 e. The van der Waals surface area contributed by atoms with Crippen LogP contribution in [-0.4, -0.2) is 27.9 Å². The zero-order valence-electron chi connectivity index (χ0n) is 14.7. The molecule has 0 aliphatic carbocycles. The smallest absolute Gasteiger partial charge is 0.332 e. The van der Waals surface area contributed by atoms with Gasteiger partial charge in [-0.2, -0.15) is 0 Å². The van der Waals surface area contributed by atoms with Gasteiger partial charge in [0, 0.05) is 12.0 Å². The van der Waals surface area contributed by atoms with Crippen molar-refractivity contribution in [2.45, 2.75) is 26.7 Å². The van der Waals surface area contributed by atoms with Crippen LogP contribution in [-0.2, 0) is 9.59 Å². The van der Waals surface area contributed by atoms with Crippen molar-refractivity contribution in [2.24, 2.45) is 0 Å². The van der Waals surface area contributed by atoms with Crippen molar-refractivity contribution in [1.29, 1.82) is 0 Å². The van der Waals surface area contributed by atoms with Gasteiger partial charge in [0.2, 0.25) is 0 Å². The number of hydrogen-bond donors (Lipinski definition) is 2. The van der Waals surface area contributed by atoms with Crippen LogP contribution in [0.15, 0.2) is 54.1 Å². The molecule has 0 aliphatic heterocycles. The largest absolute Gasteiger partial charge is 0.481 e. The Morgan fingerprint density at radius 3 is 1.62 bits per heavy atom. The van der Waals surface area contributed by atoms with Crippen LogP contribution in [0.5, 0.6) is 0 Å². The van der Waals surface area contributed by atoms with Crippen molar-refractivity contribution >= 4 is 23.3 Å². The lowest BCUT2D eigenvalue weighted by atomic mass is 9.91. The first-order chi connectivity index (χ1) is 12.3. The molecule has 0 heterocycles. The normalized spacial score (nSPS) is 11.6. The molecular weight excluding hydrogens is 332 g/mol. The molecule has 0 bridgehead atoms. The minimum absolute atomic E-state index is 0.180. The van der Waals surface area contributed by atoms with Crippen LogP contribution in [0, 0.1) is 13.8 Å². The first kappa shape index (κ1) is 19.1. The Bertz CT molecular complexity index is 858. The first-order valence-corrected chi connectivity index (χ1v) is 8.12. The number of Topliss-reactive ketones (excluding diaryl/α,β-unsaturated/α-hetero) is 1. The quantitative estimate of drug-likeness (QED) is 0.583. The Hall–Kier alpha value is -3.21. The van der Waals surface area contributed by atoms with Crippen molar-refractivity contribution < 1.29 is 24.6 Å². The van der Waals surface area contributed by atoms with Gasteiger partial charge in [-0.25, -0.2) is 4.79 Å². The standard InChI is InChI=1S/C21H20O5/c1-13-3-7-15(8-4-13)17(18(21(25)26)12-20(23)24)11-19(22)16-9-5-14(2)6-10-16/h3-10H,11-12H2,1-2H3,(H,23,24)(H,25,26). The molecule has 5 heteroatoms. The Kier molecular flexibility index (Phi) is 6.07. The maximum atomic E-state index is 12.6. The number of hydrogen-bond acceptors (Lipinski definition) is 3. The second-order valence-electron chi connectivity index (χ2n) is 6.16. The van der Waals surface area contributed by atoms with Gasteiger partial charge in [0.05, 0.1) is 12.0 Å². The number of carbonyl (C=O) groups excluding carboxylic acids is 1. The molecule has 0 spiro atoms. The molecule has 2 rings (SSSR count). The third kappa shape index (κ3) is 4.89. The molecule has 0 atom stereocenters. The van der Waals surface area contributed by atoms with Gasteiger partial charge in [-0.05, 0) is 25.0 Å². The van der Waals surface area contributed by atoms with Crippen molar-refractivity contribution in [3.8, 4) is 0 Å². The molecule has 26 heavy (non-hydrogen) atoms. The van der Waals surface area contributed by atoms with E-state index < -0.39 is 18.4 Å². The minimum atomic E-state index is -1.33. The molecule has 0 unspecified atom stereocenters. The summed E-state index contributed by atoms with van der Waals surface area (Å²) in [6.07, 6.45) is -0.833. The lowest BCUT2D eigenvalue weighted by Gasteiger charge is -2.12. The van der Waals surface area contributed by atoms with Crippen LogP contribution in [0.3, 0.4) is 0 Å². The maximum absolute atomic E-state index is 12.6. The zero-order chi connectivity index (χ0) is 19.3. The Labute approximate surface area is 151 Å². The second kappa shape index (κ2) is 8.25. The van der Waals surface area contributed by atoms with Gasteiger partial charge in [-0.3, -0.25) is 9.59 Å². The fraction of sp³-hybridized carbons (Fsp3) is 0.190. The lowest BCUT2D eigenvalue weighted by Crippen LogP contribution is -2.12. The van der Waals surface area contributed by atoms with E-state index in [-0.39, 0.29) is 23.4 Å². The summed E-state index contributed by atoms with van der Waals surface area (Å²) in [6.45, 7) is 3.79. The van der Waals surface area contributed by atoms with Crippen molar-refractivity contribution in [2.75, 3.05) is 0 Å². The summed E-state index contributed by atoms with van der Waals surface area (Å²) in [7, 11) is 0. The average molecular weight is 352 g/mol. The molecule has 0 fully saturated rings.